The summed E-state index contributed by atoms with van der Waals surface area (Å²) < 4.78 is 0. The van der Waals surface area contributed by atoms with Gasteiger partial charge in [0.05, 0.1) is 10.9 Å². The third-order valence-electron chi connectivity index (χ3n) is 2.47. The zero-order chi connectivity index (χ0) is 13.0. The van der Waals surface area contributed by atoms with Crippen LogP contribution in [0.25, 0.3) is 0 Å². The summed E-state index contributed by atoms with van der Waals surface area (Å²) in [6.45, 7) is 1.69. The summed E-state index contributed by atoms with van der Waals surface area (Å²) in [5.74, 6) is -0.645. The average molecular weight is 251 g/mol. The van der Waals surface area contributed by atoms with Gasteiger partial charge in [0.15, 0.2) is 0 Å². The second kappa shape index (κ2) is 5.63. The zero-order valence-electron chi connectivity index (χ0n) is 10.2. The van der Waals surface area contributed by atoms with E-state index in [0.717, 1.165) is 11.4 Å². The molecule has 5 heteroatoms. The van der Waals surface area contributed by atoms with E-state index in [1.807, 2.05) is 43.3 Å². The van der Waals surface area contributed by atoms with Crippen molar-refractivity contribution in [3.63, 3.8) is 0 Å². The lowest BCUT2D eigenvalue weighted by Gasteiger charge is -2.14. The first-order valence-corrected chi connectivity index (χ1v) is 5.70. The van der Waals surface area contributed by atoms with Crippen LogP contribution < -0.4 is 16.0 Å². The first-order chi connectivity index (χ1) is 7.91. The van der Waals surface area contributed by atoms with Crippen molar-refractivity contribution in [2.75, 3.05) is 24.3 Å². The number of rotatable bonds is 4. The van der Waals surface area contributed by atoms with Gasteiger partial charge in [-0.25, -0.2) is 0 Å². The average Bonchev–Trinajstić information content (AvgIpc) is 2.28. The fourth-order valence-corrected chi connectivity index (χ4v) is 1.33. The van der Waals surface area contributed by atoms with Crippen LogP contribution >= 0.6 is 12.2 Å². The predicted octanol–water partition coefficient (Wildman–Crippen LogP) is 1.61. The standard InChI is InChI=1S/C12H17N3OS/c1-8(11(13)17)12(16)14-9-4-6-10(7-5-9)15(2)3/h4-8H,1-3H3,(H2,13,17)(H,14,16). The van der Waals surface area contributed by atoms with Crippen LogP contribution in [-0.2, 0) is 4.79 Å². The lowest BCUT2D eigenvalue weighted by molar-refractivity contribution is -0.117. The molecule has 1 rings (SSSR count). The van der Waals surface area contributed by atoms with Gasteiger partial charge in [0.1, 0.15) is 0 Å². The number of hydrogen-bond donors (Lipinski definition) is 2. The highest BCUT2D eigenvalue weighted by Gasteiger charge is 2.15. The van der Waals surface area contributed by atoms with E-state index < -0.39 is 5.92 Å². The summed E-state index contributed by atoms with van der Waals surface area (Å²) in [7, 11) is 3.92. The second-order valence-corrected chi connectivity index (χ2v) is 4.53. The molecule has 3 N–H and O–H groups in total. The molecule has 1 unspecified atom stereocenters. The monoisotopic (exact) mass is 251 g/mol. The SMILES string of the molecule is CC(C(=O)Nc1ccc(N(C)C)cc1)C(N)=S. The van der Waals surface area contributed by atoms with Crippen LogP contribution in [0.4, 0.5) is 11.4 Å². The Morgan fingerprint density at radius 3 is 2.29 bits per heavy atom. The van der Waals surface area contributed by atoms with E-state index in [0.29, 0.717) is 0 Å². The number of carbonyl (C=O) groups excluding carboxylic acids is 1. The molecule has 0 aromatic heterocycles. The summed E-state index contributed by atoms with van der Waals surface area (Å²) in [6, 6.07) is 7.56. The van der Waals surface area contributed by atoms with Gasteiger partial charge in [-0.1, -0.05) is 12.2 Å². The van der Waals surface area contributed by atoms with E-state index in [1.165, 1.54) is 0 Å². The molecule has 1 aromatic carbocycles. The van der Waals surface area contributed by atoms with Crippen LogP contribution in [0, 0.1) is 5.92 Å². The van der Waals surface area contributed by atoms with Gasteiger partial charge in [-0.3, -0.25) is 4.79 Å². The molecule has 0 radical (unpaired) electrons. The Kier molecular flexibility index (Phi) is 4.45. The van der Waals surface area contributed by atoms with Crippen molar-refractivity contribution in [1.29, 1.82) is 0 Å². The summed E-state index contributed by atoms with van der Waals surface area (Å²) in [5, 5.41) is 2.76. The van der Waals surface area contributed by atoms with Gasteiger partial charge in [-0.15, -0.1) is 0 Å². The van der Waals surface area contributed by atoms with Crippen LogP contribution in [0.2, 0.25) is 0 Å². The van der Waals surface area contributed by atoms with Crippen molar-refractivity contribution < 1.29 is 4.79 Å². The Morgan fingerprint density at radius 1 is 1.35 bits per heavy atom. The molecular formula is C12H17N3OS. The number of anilines is 2. The van der Waals surface area contributed by atoms with E-state index >= 15 is 0 Å². The predicted molar refractivity (Wildman–Crippen MR) is 75.3 cm³/mol. The summed E-state index contributed by atoms with van der Waals surface area (Å²) >= 11 is 4.78. The van der Waals surface area contributed by atoms with E-state index in [-0.39, 0.29) is 10.9 Å². The van der Waals surface area contributed by atoms with Crippen LogP contribution in [-0.4, -0.2) is 25.0 Å². The highest BCUT2D eigenvalue weighted by Crippen LogP contribution is 2.16. The minimum atomic E-state index is -0.460. The molecule has 1 atom stereocenters. The lowest BCUT2D eigenvalue weighted by Crippen LogP contribution is -2.30. The number of amides is 1. The number of carbonyl (C=O) groups is 1. The highest BCUT2D eigenvalue weighted by atomic mass is 32.1. The Hall–Kier alpha value is -1.62. The van der Waals surface area contributed by atoms with Gasteiger partial charge in [0.2, 0.25) is 5.91 Å². The normalized spacial score (nSPS) is 11.7. The maximum atomic E-state index is 11.7. The van der Waals surface area contributed by atoms with E-state index in [2.05, 4.69) is 5.32 Å². The maximum absolute atomic E-state index is 11.7. The summed E-state index contributed by atoms with van der Waals surface area (Å²) in [4.78, 5) is 13.9. The number of nitrogens with zero attached hydrogens (tertiary/aromatic N) is 1. The van der Waals surface area contributed by atoms with Crippen molar-refractivity contribution in [3.05, 3.63) is 24.3 Å². The molecule has 92 valence electrons. The first-order valence-electron chi connectivity index (χ1n) is 5.29. The van der Waals surface area contributed by atoms with E-state index in [4.69, 9.17) is 18.0 Å². The number of hydrogen-bond acceptors (Lipinski definition) is 3. The zero-order valence-corrected chi connectivity index (χ0v) is 11.0. The Labute approximate surface area is 107 Å². The molecule has 0 aliphatic heterocycles. The molecule has 1 aromatic rings. The molecule has 0 saturated heterocycles. The van der Waals surface area contributed by atoms with Gasteiger partial charge in [0.25, 0.3) is 0 Å². The molecule has 0 saturated carbocycles. The Bertz CT molecular complexity index is 414. The molecular weight excluding hydrogens is 234 g/mol. The molecule has 0 aliphatic carbocycles. The van der Waals surface area contributed by atoms with E-state index in [9.17, 15) is 4.79 Å². The third kappa shape index (κ3) is 3.71. The van der Waals surface area contributed by atoms with Gasteiger partial charge in [-0.2, -0.15) is 0 Å². The number of nitrogens with one attached hydrogen (secondary N) is 1. The molecule has 0 heterocycles. The maximum Gasteiger partial charge on any atom is 0.234 e. The molecule has 0 bridgehead atoms. The quantitative estimate of drug-likeness (QED) is 0.798. The van der Waals surface area contributed by atoms with Crippen LogP contribution in [0.3, 0.4) is 0 Å². The van der Waals surface area contributed by atoms with Gasteiger partial charge >= 0.3 is 0 Å². The van der Waals surface area contributed by atoms with Gasteiger partial charge in [0, 0.05) is 25.5 Å². The van der Waals surface area contributed by atoms with Crippen molar-refractivity contribution in [2.45, 2.75) is 6.92 Å². The smallest absolute Gasteiger partial charge is 0.234 e. The summed E-state index contributed by atoms with van der Waals surface area (Å²) in [5.41, 5.74) is 7.23. The molecule has 0 fully saturated rings. The number of benzene rings is 1. The topological polar surface area (TPSA) is 58.4 Å². The van der Waals surface area contributed by atoms with Crippen molar-refractivity contribution in [1.82, 2.24) is 0 Å². The van der Waals surface area contributed by atoms with Crippen molar-refractivity contribution in [3.8, 4) is 0 Å². The molecule has 4 nitrogen and oxygen atoms in total. The second-order valence-electron chi connectivity index (χ2n) is 4.05. The fourth-order valence-electron chi connectivity index (χ4n) is 1.22. The third-order valence-corrected chi connectivity index (χ3v) is 2.82. The fraction of sp³-hybridized carbons (Fsp3) is 0.333. The van der Waals surface area contributed by atoms with Gasteiger partial charge < -0.3 is 16.0 Å². The number of nitrogens with two attached hydrogens (primary N) is 1. The van der Waals surface area contributed by atoms with Crippen molar-refractivity contribution in [2.24, 2.45) is 11.7 Å². The largest absolute Gasteiger partial charge is 0.393 e. The van der Waals surface area contributed by atoms with Crippen molar-refractivity contribution >= 4 is 34.5 Å². The van der Waals surface area contributed by atoms with Crippen LogP contribution in [0.15, 0.2) is 24.3 Å². The highest BCUT2D eigenvalue weighted by molar-refractivity contribution is 7.80. The van der Waals surface area contributed by atoms with E-state index in [1.54, 1.807) is 6.92 Å². The molecule has 17 heavy (non-hydrogen) atoms. The van der Waals surface area contributed by atoms with Gasteiger partial charge in [-0.05, 0) is 31.2 Å². The number of thiocarbonyl (C=S) groups is 1. The Morgan fingerprint density at radius 2 is 1.88 bits per heavy atom. The van der Waals surface area contributed by atoms with Crippen LogP contribution in [0.1, 0.15) is 6.92 Å². The Balaban J connectivity index is 2.70. The lowest BCUT2D eigenvalue weighted by atomic mass is 10.1. The minimum Gasteiger partial charge on any atom is -0.393 e. The first kappa shape index (κ1) is 13.4. The molecule has 1 amide bonds. The molecule has 0 spiro atoms. The summed E-state index contributed by atoms with van der Waals surface area (Å²) in [6.07, 6.45) is 0. The molecule has 0 aliphatic rings. The minimum absolute atomic E-state index is 0.185. The van der Waals surface area contributed by atoms with Crippen LogP contribution in [0.5, 0.6) is 0 Å².